The molecule has 0 aliphatic rings. The smallest absolute Gasteiger partial charge is 0.412 e. The molecular weight excluding hydrogens is 102 g/mol. The van der Waals surface area contributed by atoms with Crippen molar-refractivity contribution in [2.24, 2.45) is 0 Å². The van der Waals surface area contributed by atoms with Gasteiger partial charge in [0, 0.05) is 29.6 Å². The maximum absolute atomic E-state index is 8.51. The van der Waals surface area contributed by atoms with Gasteiger partial charge >= 0.3 is 8.69 Å². The second-order valence-electron chi connectivity index (χ2n) is 0.0913. The van der Waals surface area contributed by atoms with Crippen molar-refractivity contribution in [2.45, 2.75) is 0 Å². The Morgan fingerprint density at radius 1 is 1.60 bits per heavy atom. The van der Waals surface area contributed by atoms with Crippen LogP contribution in [0, 0.1) is 0 Å². The molecule has 0 heterocycles. The summed E-state index contributed by atoms with van der Waals surface area (Å²) in [6, 6.07) is 0. The predicted octanol–water partition coefficient (Wildman–Crippen LogP) is -1.29. The van der Waals surface area contributed by atoms with E-state index < -0.39 is 8.69 Å². The molecule has 0 rings (SSSR count). The van der Waals surface area contributed by atoms with Gasteiger partial charge in [-0.3, -0.25) is 0 Å². The molecule has 1 unspecified atom stereocenters. The maximum atomic E-state index is 8.51. The molecule has 0 bridgehead atoms. The third kappa shape index (κ3) is 44.0. The van der Waals surface area contributed by atoms with Crippen LogP contribution in [0.15, 0.2) is 0 Å². The molecule has 5 heavy (non-hydrogen) atoms. The molecule has 0 saturated heterocycles. The van der Waals surface area contributed by atoms with Gasteiger partial charge in [-0.1, -0.05) is 0 Å². The van der Waals surface area contributed by atoms with E-state index in [4.69, 9.17) is 9.46 Å². The first-order valence-corrected chi connectivity index (χ1v) is 1.28. The van der Waals surface area contributed by atoms with Gasteiger partial charge in [0.2, 0.25) is 0 Å². The van der Waals surface area contributed by atoms with E-state index in [1.807, 2.05) is 0 Å². The minimum atomic E-state index is -1.17. The van der Waals surface area contributed by atoms with Crippen molar-refractivity contribution in [1.29, 1.82) is 0 Å². The quantitative estimate of drug-likeness (QED) is 0.308. The van der Waals surface area contributed by atoms with E-state index in [2.05, 4.69) is 0 Å². The van der Waals surface area contributed by atoms with Crippen molar-refractivity contribution in [2.75, 3.05) is 0 Å². The zero-order valence-corrected chi connectivity index (χ0v) is 5.86. The summed E-state index contributed by atoms with van der Waals surface area (Å²) < 4.78 is 8.51. The minimum Gasteiger partial charge on any atom is -0.412 e. The Labute approximate surface area is 53.3 Å². The van der Waals surface area contributed by atoms with E-state index in [0.29, 0.717) is 0 Å². The van der Waals surface area contributed by atoms with Gasteiger partial charge < -0.3 is 5.48 Å². The molecule has 0 amide bonds. The van der Waals surface area contributed by atoms with Gasteiger partial charge in [-0.05, 0) is 4.57 Å². The van der Waals surface area contributed by atoms with Crippen LogP contribution in [-0.2, 0) is 4.57 Å². The van der Waals surface area contributed by atoms with Crippen LogP contribution in [0.5, 0.6) is 0 Å². The standard InChI is InChI=1S/Na.HO2P.H2O/c;1-3-2;/h;3H;1H2/p+1. The minimum absolute atomic E-state index is 0. The molecule has 0 aromatic rings. The molecule has 1 radical (unpaired) electrons. The van der Waals surface area contributed by atoms with Crippen molar-refractivity contribution >= 4 is 38.2 Å². The SMILES string of the molecule is O.O=[PH+]O.[Na]. The van der Waals surface area contributed by atoms with Gasteiger partial charge in [0.1, 0.15) is 0 Å². The van der Waals surface area contributed by atoms with Crippen LogP contribution in [-0.4, -0.2) is 39.9 Å². The van der Waals surface area contributed by atoms with Crippen molar-refractivity contribution in [3.05, 3.63) is 0 Å². The fourth-order valence-corrected chi connectivity index (χ4v) is 0. The molecule has 3 nitrogen and oxygen atoms in total. The molecule has 3 N–H and O–H groups in total. The number of hydrogen-bond acceptors (Lipinski definition) is 1. The third-order valence-electron chi connectivity index (χ3n) is 0. The van der Waals surface area contributed by atoms with Gasteiger partial charge in [0.05, 0.1) is 0 Å². The van der Waals surface area contributed by atoms with Crippen molar-refractivity contribution < 1.29 is 14.9 Å². The van der Waals surface area contributed by atoms with Crippen molar-refractivity contribution in [1.82, 2.24) is 0 Å². The van der Waals surface area contributed by atoms with Crippen LogP contribution in [0.4, 0.5) is 0 Å². The average Bonchev–Trinajstić information content (AvgIpc) is 0.918. The molecule has 0 aliphatic carbocycles. The second-order valence-corrected chi connectivity index (χ2v) is 0.274. The summed E-state index contributed by atoms with van der Waals surface area (Å²) in [5, 5.41) is 0. The Balaban J connectivity index is -0.0000000200. The van der Waals surface area contributed by atoms with Crippen LogP contribution in [0.2, 0.25) is 0 Å². The zero-order valence-electron chi connectivity index (χ0n) is 2.86. The van der Waals surface area contributed by atoms with Crippen LogP contribution >= 0.6 is 8.69 Å². The van der Waals surface area contributed by atoms with Gasteiger partial charge in [0.15, 0.2) is 0 Å². The molecular formula is H4NaO3P+. The van der Waals surface area contributed by atoms with E-state index in [1.54, 1.807) is 0 Å². The molecule has 27 valence electrons. The molecule has 1 atom stereocenters. The maximum Gasteiger partial charge on any atom is 0.491 e. The van der Waals surface area contributed by atoms with E-state index in [0.717, 1.165) is 0 Å². The van der Waals surface area contributed by atoms with Crippen LogP contribution < -0.4 is 0 Å². The summed E-state index contributed by atoms with van der Waals surface area (Å²) in [7, 11) is -1.17. The molecule has 0 fully saturated rings. The topological polar surface area (TPSA) is 68.8 Å². The summed E-state index contributed by atoms with van der Waals surface area (Å²) in [6.45, 7) is 0. The third-order valence-corrected chi connectivity index (χ3v) is 0. The molecule has 0 spiro atoms. The monoisotopic (exact) mass is 106 g/mol. The molecule has 5 heteroatoms. The molecule has 0 saturated carbocycles. The summed E-state index contributed by atoms with van der Waals surface area (Å²) in [6.07, 6.45) is 0. The Kier molecular flexibility index (Phi) is 66.1. The van der Waals surface area contributed by atoms with Crippen molar-refractivity contribution in [3.8, 4) is 0 Å². The summed E-state index contributed by atoms with van der Waals surface area (Å²) in [5.74, 6) is 0. The number of rotatable bonds is 0. The van der Waals surface area contributed by atoms with Crippen molar-refractivity contribution in [3.63, 3.8) is 0 Å². The normalized spacial score (nSPS) is 4.20. The fraction of sp³-hybridized carbons (Fsp3) is 0. The van der Waals surface area contributed by atoms with Gasteiger partial charge in [-0.15, -0.1) is 0 Å². The van der Waals surface area contributed by atoms with Gasteiger partial charge in [-0.2, -0.15) is 4.89 Å². The Bertz CT molecular complexity index is 14.4. The van der Waals surface area contributed by atoms with Crippen LogP contribution in [0.25, 0.3) is 0 Å². The Morgan fingerprint density at radius 2 is 1.60 bits per heavy atom. The van der Waals surface area contributed by atoms with Gasteiger partial charge in [-0.25, -0.2) is 0 Å². The van der Waals surface area contributed by atoms with Crippen LogP contribution in [0.1, 0.15) is 0 Å². The Morgan fingerprint density at radius 3 is 1.60 bits per heavy atom. The van der Waals surface area contributed by atoms with E-state index in [1.165, 1.54) is 0 Å². The first-order chi connectivity index (χ1) is 1.41. The first-order valence-electron chi connectivity index (χ1n) is 0.428. The molecule has 0 aromatic heterocycles. The molecule has 0 aromatic carbocycles. The average molecular weight is 106 g/mol. The van der Waals surface area contributed by atoms with Gasteiger partial charge in [0.25, 0.3) is 0 Å². The summed E-state index contributed by atoms with van der Waals surface area (Å²) >= 11 is 0. The fourth-order valence-electron chi connectivity index (χ4n) is 0. The molecule has 0 aliphatic heterocycles. The second kappa shape index (κ2) is 19.9. The number of hydrogen-bond donors (Lipinski definition) is 1. The summed E-state index contributed by atoms with van der Waals surface area (Å²) in [4.78, 5) is 7.04. The largest absolute Gasteiger partial charge is 0.491 e. The van der Waals surface area contributed by atoms with E-state index in [9.17, 15) is 0 Å². The first kappa shape index (κ1) is 16.6. The zero-order chi connectivity index (χ0) is 2.71. The van der Waals surface area contributed by atoms with E-state index >= 15 is 0 Å². The predicted molar refractivity (Wildman–Crippen MR) is 20.6 cm³/mol. The van der Waals surface area contributed by atoms with Crippen LogP contribution in [0.3, 0.4) is 0 Å². The summed E-state index contributed by atoms with van der Waals surface area (Å²) in [5.41, 5.74) is 0. The Hall–Kier alpha value is 1.02. The van der Waals surface area contributed by atoms with E-state index in [-0.39, 0.29) is 35.0 Å².